The molecule has 1 aliphatic rings. The van der Waals surface area contributed by atoms with Crippen LogP contribution in [0.2, 0.25) is 0 Å². The van der Waals surface area contributed by atoms with Crippen LogP contribution in [-0.2, 0) is 6.18 Å². The van der Waals surface area contributed by atoms with Crippen LogP contribution in [0.25, 0.3) is 0 Å². The summed E-state index contributed by atoms with van der Waals surface area (Å²) in [6.45, 7) is 2.61. The summed E-state index contributed by atoms with van der Waals surface area (Å²) in [6, 6.07) is 2.81. The Balaban J connectivity index is 2.08. The molecular weight excluding hydrogens is 281 g/mol. The van der Waals surface area contributed by atoms with Crippen LogP contribution in [0.3, 0.4) is 0 Å². The number of nitrogens with two attached hydrogens (primary N) is 1. The fourth-order valence-electron chi connectivity index (χ4n) is 2.77. The van der Waals surface area contributed by atoms with Crippen LogP contribution in [-0.4, -0.2) is 12.5 Å². The van der Waals surface area contributed by atoms with Crippen LogP contribution in [0.15, 0.2) is 18.2 Å². The van der Waals surface area contributed by atoms with Gasteiger partial charge >= 0.3 is 6.18 Å². The average molecular weight is 300 g/mol. The molecule has 3 nitrogen and oxygen atoms in total. The summed E-state index contributed by atoms with van der Waals surface area (Å²) in [7, 11) is 0. The highest BCUT2D eigenvalue weighted by molar-refractivity contribution is 5.99. The van der Waals surface area contributed by atoms with Gasteiger partial charge in [0.25, 0.3) is 5.91 Å². The monoisotopic (exact) mass is 300 g/mol. The van der Waals surface area contributed by atoms with Crippen molar-refractivity contribution in [1.29, 1.82) is 0 Å². The first-order chi connectivity index (χ1) is 9.79. The third-order valence-corrected chi connectivity index (χ3v) is 4.19. The summed E-state index contributed by atoms with van der Waals surface area (Å²) < 4.78 is 38.0. The second kappa shape index (κ2) is 5.95. The second-order valence-corrected chi connectivity index (χ2v) is 5.68. The lowest BCUT2D eigenvalue weighted by Crippen LogP contribution is -2.31. The number of carbonyl (C=O) groups excluding carboxylic acids is 1. The molecule has 0 radical (unpaired) electrons. The predicted molar refractivity (Wildman–Crippen MR) is 74.7 cm³/mol. The molecule has 3 N–H and O–H groups in total. The lowest BCUT2D eigenvalue weighted by Gasteiger charge is -2.17. The summed E-state index contributed by atoms with van der Waals surface area (Å²) >= 11 is 0. The Kier molecular flexibility index (Phi) is 4.44. The van der Waals surface area contributed by atoms with Crippen molar-refractivity contribution in [3.05, 3.63) is 29.3 Å². The number of hydrogen-bond acceptors (Lipinski definition) is 2. The van der Waals surface area contributed by atoms with Gasteiger partial charge in [-0.15, -0.1) is 0 Å². The minimum atomic E-state index is -4.48. The first kappa shape index (κ1) is 15.7. The van der Waals surface area contributed by atoms with Gasteiger partial charge < -0.3 is 11.1 Å². The molecule has 2 unspecified atom stereocenters. The molecule has 1 fully saturated rings. The van der Waals surface area contributed by atoms with Gasteiger partial charge in [0.1, 0.15) is 0 Å². The first-order valence-electron chi connectivity index (χ1n) is 7.04. The molecule has 1 aromatic carbocycles. The first-order valence-corrected chi connectivity index (χ1v) is 7.04. The fourth-order valence-corrected chi connectivity index (χ4v) is 2.77. The minimum absolute atomic E-state index is 0.0555. The van der Waals surface area contributed by atoms with Crippen molar-refractivity contribution in [2.75, 3.05) is 12.3 Å². The van der Waals surface area contributed by atoms with Crippen LogP contribution in [0.5, 0.6) is 0 Å². The number of carbonyl (C=O) groups is 1. The molecule has 21 heavy (non-hydrogen) atoms. The Morgan fingerprint density at radius 2 is 2.10 bits per heavy atom. The standard InChI is InChI=1S/C15H19F3N2O/c1-9-3-2-4-10(9)8-20-14(21)12-7-11(15(16,17)18)5-6-13(12)19/h5-7,9-10H,2-4,8,19H2,1H3,(H,20,21). The Bertz CT molecular complexity index is 528. The largest absolute Gasteiger partial charge is 0.416 e. The van der Waals surface area contributed by atoms with Gasteiger partial charge in [-0.05, 0) is 36.5 Å². The maximum atomic E-state index is 12.7. The van der Waals surface area contributed by atoms with Gasteiger partial charge in [-0.1, -0.05) is 19.8 Å². The van der Waals surface area contributed by atoms with Gasteiger partial charge in [-0.2, -0.15) is 13.2 Å². The summed E-state index contributed by atoms with van der Waals surface area (Å²) in [6.07, 6.45) is -1.18. The quantitative estimate of drug-likeness (QED) is 0.840. The van der Waals surface area contributed by atoms with Gasteiger partial charge in [0.2, 0.25) is 0 Å². The van der Waals surface area contributed by atoms with Crippen LogP contribution in [0.4, 0.5) is 18.9 Å². The van der Waals surface area contributed by atoms with Gasteiger partial charge in [0.05, 0.1) is 11.1 Å². The zero-order valence-corrected chi connectivity index (χ0v) is 11.8. The van der Waals surface area contributed by atoms with Crippen LogP contribution in [0, 0.1) is 11.8 Å². The van der Waals surface area contributed by atoms with E-state index in [4.69, 9.17) is 5.73 Å². The molecule has 1 amide bonds. The summed E-state index contributed by atoms with van der Waals surface area (Å²) in [4.78, 5) is 12.0. The van der Waals surface area contributed by atoms with Crippen molar-refractivity contribution in [2.45, 2.75) is 32.4 Å². The van der Waals surface area contributed by atoms with Gasteiger partial charge in [-0.25, -0.2) is 0 Å². The molecule has 2 rings (SSSR count). The van der Waals surface area contributed by atoms with E-state index in [0.717, 1.165) is 37.5 Å². The zero-order chi connectivity index (χ0) is 15.6. The third kappa shape index (κ3) is 3.68. The normalized spacial score (nSPS) is 22.3. The number of amides is 1. The van der Waals surface area contributed by atoms with Crippen molar-refractivity contribution in [3.8, 4) is 0 Å². The number of alkyl halides is 3. The molecule has 2 atom stereocenters. The molecule has 0 heterocycles. The van der Waals surface area contributed by atoms with Crippen molar-refractivity contribution in [2.24, 2.45) is 11.8 Å². The molecule has 1 aliphatic carbocycles. The summed E-state index contributed by atoms with van der Waals surface area (Å²) in [5.41, 5.74) is 4.69. The number of halogens is 3. The second-order valence-electron chi connectivity index (χ2n) is 5.68. The molecular formula is C15H19F3N2O. The van der Waals surface area contributed by atoms with Gasteiger partial charge in [0, 0.05) is 12.2 Å². The Morgan fingerprint density at radius 1 is 1.38 bits per heavy atom. The molecule has 6 heteroatoms. The molecule has 116 valence electrons. The van der Waals surface area contributed by atoms with Crippen LogP contribution < -0.4 is 11.1 Å². The molecule has 0 saturated heterocycles. The fraction of sp³-hybridized carbons (Fsp3) is 0.533. The third-order valence-electron chi connectivity index (χ3n) is 4.19. The number of nitrogen functional groups attached to an aromatic ring is 1. The van der Waals surface area contributed by atoms with Gasteiger partial charge in [-0.3, -0.25) is 4.79 Å². The average Bonchev–Trinajstić information content (AvgIpc) is 2.80. The molecule has 0 aromatic heterocycles. The molecule has 0 aliphatic heterocycles. The smallest absolute Gasteiger partial charge is 0.398 e. The van der Waals surface area contributed by atoms with Crippen LogP contribution in [0.1, 0.15) is 42.1 Å². The van der Waals surface area contributed by atoms with Crippen molar-refractivity contribution < 1.29 is 18.0 Å². The van der Waals surface area contributed by atoms with E-state index in [2.05, 4.69) is 12.2 Å². The summed E-state index contributed by atoms with van der Waals surface area (Å²) in [5, 5.41) is 2.70. The van der Waals surface area contributed by atoms with E-state index < -0.39 is 17.6 Å². The van der Waals surface area contributed by atoms with E-state index >= 15 is 0 Å². The van der Waals surface area contributed by atoms with Crippen molar-refractivity contribution in [1.82, 2.24) is 5.32 Å². The number of rotatable bonds is 3. The number of nitrogens with one attached hydrogen (secondary N) is 1. The maximum absolute atomic E-state index is 12.7. The highest BCUT2D eigenvalue weighted by Crippen LogP contribution is 2.32. The minimum Gasteiger partial charge on any atom is -0.398 e. The Morgan fingerprint density at radius 3 is 2.67 bits per heavy atom. The van der Waals surface area contributed by atoms with Crippen LogP contribution >= 0.6 is 0 Å². The number of benzene rings is 1. The Hall–Kier alpha value is -1.72. The summed E-state index contributed by atoms with van der Waals surface area (Å²) in [5.74, 6) is 0.378. The highest BCUT2D eigenvalue weighted by atomic mass is 19.4. The molecule has 1 saturated carbocycles. The van der Waals surface area contributed by atoms with E-state index in [1.165, 1.54) is 0 Å². The number of hydrogen-bond donors (Lipinski definition) is 2. The van der Waals surface area contributed by atoms with Gasteiger partial charge in [0.15, 0.2) is 0 Å². The molecule has 1 aromatic rings. The van der Waals surface area contributed by atoms with E-state index in [9.17, 15) is 18.0 Å². The van der Waals surface area contributed by atoms with E-state index in [0.29, 0.717) is 18.4 Å². The van der Waals surface area contributed by atoms with E-state index in [-0.39, 0.29) is 11.3 Å². The lowest BCUT2D eigenvalue weighted by atomic mass is 9.98. The molecule has 0 bridgehead atoms. The van der Waals surface area contributed by atoms with Crippen molar-refractivity contribution in [3.63, 3.8) is 0 Å². The molecule has 0 spiro atoms. The Labute approximate surface area is 121 Å². The van der Waals surface area contributed by atoms with E-state index in [1.54, 1.807) is 0 Å². The predicted octanol–water partition coefficient (Wildman–Crippen LogP) is 3.45. The van der Waals surface area contributed by atoms with E-state index in [1.807, 2.05) is 0 Å². The highest BCUT2D eigenvalue weighted by Gasteiger charge is 2.31. The lowest BCUT2D eigenvalue weighted by molar-refractivity contribution is -0.137. The SMILES string of the molecule is CC1CCCC1CNC(=O)c1cc(C(F)(F)F)ccc1N. The topological polar surface area (TPSA) is 55.1 Å². The number of anilines is 1. The maximum Gasteiger partial charge on any atom is 0.416 e. The van der Waals surface area contributed by atoms with Crippen molar-refractivity contribution >= 4 is 11.6 Å². The zero-order valence-electron chi connectivity index (χ0n) is 11.8.